The Bertz CT molecular complexity index is 741. The Hall–Kier alpha value is -1.88. The van der Waals surface area contributed by atoms with E-state index in [2.05, 4.69) is 9.88 Å². The van der Waals surface area contributed by atoms with Gasteiger partial charge in [0.25, 0.3) is 0 Å². The first-order chi connectivity index (χ1) is 11.1. The molecule has 1 aromatic heterocycles. The highest BCUT2D eigenvalue weighted by molar-refractivity contribution is 5.60. The summed E-state index contributed by atoms with van der Waals surface area (Å²) in [5.41, 5.74) is 1.62. The Morgan fingerprint density at radius 3 is 2.61 bits per heavy atom. The zero-order valence-electron chi connectivity index (χ0n) is 12.7. The first kappa shape index (κ1) is 14.7. The summed E-state index contributed by atoms with van der Waals surface area (Å²) in [5.74, 6) is -3.83. The fraction of sp³-hybridized carbons (Fsp3) is 0.389. The lowest BCUT2D eigenvalue weighted by atomic mass is 9.75. The first-order valence-electron chi connectivity index (χ1n) is 7.92. The lowest BCUT2D eigenvalue weighted by molar-refractivity contribution is 0.243. The molecule has 2 aromatic rings. The fourth-order valence-electron chi connectivity index (χ4n) is 3.96. The number of fused-ring (bicyclic) bond motifs is 2. The van der Waals surface area contributed by atoms with Gasteiger partial charge in [-0.1, -0.05) is 6.07 Å². The number of hydrogen-bond acceptors (Lipinski definition) is 2. The molecule has 0 radical (unpaired) electrons. The maximum Gasteiger partial charge on any atom is 0.195 e. The molecular weight excluding hydrogens is 301 g/mol. The number of hydrogen-bond donors (Lipinski definition) is 0. The summed E-state index contributed by atoms with van der Waals surface area (Å²) < 4.78 is 40.3. The molecule has 2 nitrogen and oxygen atoms in total. The van der Waals surface area contributed by atoms with Crippen LogP contribution in [0.1, 0.15) is 24.8 Å². The van der Waals surface area contributed by atoms with Gasteiger partial charge in [-0.15, -0.1) is 0 Å². The maximum atomic E-state index is 13.9. The molecule has 1 aromatic carbocycles. The summed E-state index contributed by atoms with van der Waals surface area (Å²) in [6.07, 6.45) is 5.21. The van der Waals surface area contributed by atoms with Crippen molar-refractivity contribution in [3.8, 4) is 11.3 Å². The minimum atomic E-state index is -1.45. The van der Waals surface area contributed by atoms with Gasteiger partial charge in [0.2, 0.25) is 0 Å². The summed E-state index contributed by atoms with van der Waals surface area (Å²) in [4.78, 5) is 6.78. The molecule has 4 rings (SSSR count). The van der Waals surface area contributed by atoms with Crippen LogP contribution in [-0.4, -0.2) is 29.5 Å². The van der Waals surface area contributed by atoms with Gasteiger partial charge >= 0.3 is 0 Å². The van der Waals surface area contributed by atoms with Crippen LogP contribution in [0.3, 0.4) is 0 Å². The van der Waals surface area contributed by atoms with Crippen LogP contribution in [0.15, 0.2) is 30.5 Å². The van der Waals surface area contributed by atoms with Crippen LogP contribution in [0.2, 0.25) is 0 Å². The number of nitrogens with zero attached hydrogens (tertiary/aromatic N) is 2. The van der Waals surface area contributed by atoms with E-state index in [0.717, 1.165) is 44.1 Å². The fourth-order valence-corrected chi connectivity index (χ4v) is 3.96. The van der Waals surface area contributed by atoms with Gasteiger partial charge in [-0.2, -0.15) is 0 Å². The Labute approximate surface area is 133 Å². The third kappa shape index (κ3) is 2.34. The van der Waals surface area contributed by atoms with Gasteiger partial charge in [-0.05, 0) is 56.1 Å². The van der Waals surface area contributed by atoms with E-state index in [0.29, 0.717) is 5.69 Å². The maximum absolute atomic E-state index is 13.9. The molecule has 2 saturated heterocycles. The van der Waals surface area contributed by atoms with Crippen molar-refractivity contribution in [1.82, 2.24) is 9.88 Å². The minimum Gasteiger partial charge on any atom is -0.302 e. The number of rotatable bonds is 2. The van der Waals surface area contributed by atoms with Crippen LogP contribution in [0.25, 0.3) is 11.3 Å². The first-order valence-corrected chi connectivity index (χ1v) is 7.92. The standard InChI is InChI=1S/C18H17F3N2/c19-14-4-3-13(16(20)17(14)21)15-5-2-12(10-22-15)18-6-1-8-23(11-18)9-7-18/h2-5,10H,1,6-9,11H2. The molecule has 2 unspecified atom stereocenters. The normalized spacial score (nSPS) is 26.5. The van der Waals surface area contributed by atoms with Crippen molar-refractivity contribution in [2.24, 2.45) is 0 Å². The number of pyridine rings is 1. The molecule has 5 heteroatoms. The molecule has 23 heavy (non-hydrogen) atoms. The molecule has 2 atom stereocenters. The zero-order valence-corrected chi connectivity index (χ0v) is 12.7. The van der Waals surface area contributed by atoms with E-state index in [1.807, 2.05) is 6.07 Å². The smallest absolute Gasteiger partial charge is 0.195 e. The van der Waals surface area contributed by atoms with Crippen LogP contribution >= 0.6 is 0 Å². The predicted molar refractivity (Wildman–Crippen MR) is 81.5 cm³/mol. The van der Waals surface area contributed by atoms with Crippen molar-refractivity contribution in [1.29, 1.82) is 0 Å². The molecule has 3 heterocycles. The molecule has 2 bridgehead atoms. The van der Waals surface area contributed by atoms with E-state index in [1.165, 1.54) is 12.5 Å². The topological polar surface area (TPSA) is 16.1 Å². The Morgan fingerprint density at radius 2 is 1.83 bits per heavy atom. The van der Waals surface area contributed by atoms with Crippen molar-refractivity contribution in [3.63, 3.8) is 0 Å². The van der Waals surface area contributed by atoms with Crippen molar-refractivity contribution in [2.75, 3.05) is 19.6 Å². The highest BCUT2D eigenvalue weighted by atomic mass is 19.2. The van der Waals surface area contributed by atoms with Gasteiger partial charge < -0.3 is 4.90 Å². The van der Waals surface area contributed by atoms with Gasteiger partial charge in [0, 0.05) is 23.7 Å². The average molecular weight is 318 g/mol. The Morgan fingerprint density at radius 1 is 0.957 bits per heavy atom. The van der Waals surface area contributed by atoms with Gasteiger partial charge in [0.15, 0.2) is 17.5 Å². The highest BCUT2D eigenvalue weighted by Crippen LogP contribution is 2.42. The van der Waals surface area contributed by atoms with E-state index < -0.39 is 17.5 Å². The predicted octanol–water partition coefficient (Wildman–Crippen LogP) is 3.90. The van der Waals surface area contributed by atoms with Gasteiger partial charge in [-0.25, -0.2) is 13.2 Å². The summed E-state index contributed by atoms with van der Waals surface area (Å²) in [6.45, 7) is 3.32. The van der Waals surface area contributed by atoms with Crippen LogP contribution in [-0.2, 0) is 5.41 Å². The SMILES string of the molecule is Fc1ccc(-c2ccc(C34CCCN(CC3)C4)cn2)c(F)c1F. The van der Waals surface area contributed by atoms with Gasteiger partial charge in [0.1, 0.15) is 0 Å². The summed E-state index contributed by atoms with van der Waals surface area (Å²) in [6, 6.07) is 5.82. The highest BCUT2D eigenvalue weighted by Gasteiger charge is 2.42. The lowest BCUT2D eigenvalue weighted by Gasteiger charge is -2.34. The second-order valence-corrected chi connectivity index (χ2v) is 6.57. The van der Waals surface area contributed by atoms with Crippen LogP contribution < -0.4 is 0 Å². The van der Waals surface area contributed by atoms with Crippen molar-refractivity contribution < 1.29 is 13.2 Å². The number of halogens is 3. The largest absolute Gasteiger partial charge is 0.302 e. The van der Waals surface area contributed by atoms with E-state index in [1.54, 1.807) is 12.3 Å². The van der Waals surface area contributed by atoms with E-state index in [-0.39, 0.29) is 11.0 Å². The molecule has 2 aliphatic heterocycles. The summed E-state index contributed by atoms with van der Waals surface area (Å²) in [7, 11) is 0. The number of piperidine rings is 1. The summed E-state index contributed by atoms with van der Waals surface area (Å²) in [5, 5.41) is 0. The average Bonchev–Trinajstić information content (AvgIpc) is 2.88. The third-order valence-electron chi connectivity index (χ3n) is 5.25. The van der Waals surface area contributed by atoms with E-state index in [4.69, 9.17) is 0 Å². The molecule has 0 spiro atoms. The van der Waals surface area contributed by atoms with Gasteiger partial charge in [-0.3, -0.25) is 4.98 Å². The quantitative estimate of drug-likeness (QED) is 0.781. The monoisotopic (exact) mass is 318 g/mol. The summed E-state index contributed by atoms with van der Waals surface area (Å²) >= 11 is 0. The minimum absolute atomic E-state index is 0.00959. The molecule has 2 fully saturated rings. The zero-order chi connectivity index (χ0) is 16.0. The lowest BCUT2D eigenvalue weighted by Crippen LogP contribution is -2.36. The van der Waals surface area contributed by atoms with Crippen LogP contribution in [0.4, 0.5) is 13.2 Å². The molecule has 0 saturated carbocycles. The molecule has 0 N–H and O–H groups in total. The van der Waals surface area contributed by atoms with E-state index in [9.17, 15) is 13.2 Å². The van der Waals surface area contributed by atoms with Crippen LogP contribution in [0, 0.1) is 17.5 Å². The van der Waals surface area contributed by atoms with E-state index >= 15 is 0 Å². The van der Waals surface area contributed by atoms with Gasteiger partial charge in [0.05, 0.1) is 5.69 Å². The molecule has 0 aliphatic carbocycles. The molecular formula is C18H17F3N2. The third-order valence-corrected chi connectivity index (χ3v) is 5.25. The van der Waals surface area contributed by atoms with Crippen LogP contribution in [0.5, 0.6) is 0 Å². The Balaban J connectivity index is 1.68. The van der Waals surface area contributed by atoms with Crippen molar-refractivity contribution >= 4 is 0 Å². The molecule has 120 valence electrons. The second-order valence-electron chi connectivity index (χ2n) is 6.57. The number of aromatic nitrogens is 1. The van der Waals surface area contributed by atoms with Crippen molar-refractivity contribution in [3.05, 3.63) is 53.5 Å². The second kappa shape index (κ2) is 5.34. The molecule has 2 aliphatic rings. The number of benzene rings is 1. The molecule has 0 amide bonds. The Kier molecular flexibility index (Phi) is 3.41. The van der Waals surface area contributed by atoms with Crippen molar-refractivity contribution in [2.45, 2.75) is 24.7 Å².